The fourth-order valence-electron chi connectivity index (χ4n) is 20.6. The third kappa shape index (κ3) is 11.2. The second kappa shape index (κ2) is 27.9. The van der Waals surface area contributed by atoms with Gasteiger partial charge in [-0.25, -0.2) is 0 Å². The van der Waals surface area contributed by atoms with Gasteiger partial charge in [-0.05, 0) is 175 Å². The molecule has 16 rings (SSSR count). The van der Waals surface area contributed by atoms with Crippen molar-refractivity contribution in [2.45, 2.75) is 257 Å². The highest BCUT2D eigenvalue weighted by Crippen LogP contribution is 2.66. The van der Waals surface area contributed by atoms with Gasteiger partial charge >= 0.3 is 0 Å². The van der Waals surface area contributed by atoms with E-state index in [9.17, 15) is 0 Å². The van der Waals surface area contributed by atoms with Gasteiger partial charge < -0.3 is 13.7 Å². The van der Waals surface area contributed by atoms with Crippen LogP contribution in [0, 0.1) is 0 Å². The van der Waals surface area contributed by atoms with E-state index in [0.717, 1.165) is 35.2 Å². The summed E-state index contributed by atoms with van der Waals surface area (Å²) in [6.45, 7) is 19.4. The Morgan fingerprint density at radius 3 is 1.39 bits per heavy atom. The van der Waals surface area contributed by atoms with Crippen molar-refractivity contribution in [3.63, 3.8) is 0 Å². The first kappa shape index (κ1) is 67.4. The van der Waals surface area contributed by atoms with Crippen LogP contribution in [0.15, 0.2) is 185 Å². The van der Waals surface area contributed by atoms with Gasteiger partial charge in [-0.15, -0.1) is 0 Å². The minimum atomic E-state index is -0.350. The van der Waals surface area contributed by atoms with Crippen LogP contribution in [0.3, 0.4) is 0 Å². The lowest BCUT2D eigenvalue weighted by atomic mass is 9.68. The lowest BCUT2D eigenvalue weighted by molar-refractivity contribution is 0.394. The molecule has 12 aromatic rings. The van der Waals surface area contributed by atoms with Gasteiger partial charge in [0.15, 0.2) is 0 Å². The maximum Gasteiger partial charge on any atom is 0.144 e. The quantitative estimate of drug-likeness (QED) is 0.0406. The second-order valence-electron chi connectivity index (χ2n) is 32.5. The molecule has 0 aliphatic heterocycles. The number of nitrogens with zero attached hydrogens (tertiary/aromatic N) is 1. The molecule has 2 heterocycles. The minimum Gasteiger partial charge on any atom is -0.456 e. The molecule has 518 valence electrons. The van der Waals surface area contributed by atoms with Gasteiger partial charge in [0.25, 0.3) is 0 Å². The number of fused-ring (bicyclic) bond motifs is 23. The molecule has 0 saturated carbocycles. The van der Waals surface area contributed by atoms with Crippen molar-refractivity contribution in [3.05, 3.63) is 220 Å². The zero-order chi connectivity index (χ0) is 69.0. The molecule has 3 nitrogen and oxygen atoms in total. The van der Waals surface area contributed by atoms with E-state index >= 15 is 0 Å². The largest absolute Gasteiger partial charge is 0.456 e. The number of unbranched alkanes of at least 4 members (excludes halogenated alkanes) is 20. The van der Waals surface area contributed by atoms with Crippen LogP contribution in [0.5, 0.6) is 0 Å². The monoisotopic (exact) mass is 1330 g/mol. The summed E-state index contributed by atoms with van der Waals surface area (Å²) in [6, 6.07) is 69.2. The van der Waals surface area contributed by atoms with Crippen LogP contribution in [-0.4, -0.2) is 0 Å². The zero-order valence-corrected chi connectivity index (χ0v) is 62.3. The van der Waals surface area contributed by atoms with E-state index in [4.69, 9.17) is 8.83 Å². The number of anilines is 3. The van der Waals surface area contributed by atoms with Crippen LogP contribution in [-0.2, 0) is 21.7 Å². The summed E-state index contributed by atoms with van der Waals surface area (Å²) in [4.78, 5) is 2.68. The van der Waals surface area contributed by atoms with E-state index < -0.39 is 0 Å². The molecule has 0 fully saturated rings. The Morgan fingerprint density at radius 2 is 0.752 bits per heavy atom. The van der Waals surface area contributed by atoms with Crippen LogP contribution in [0.4, 0.5) is 17.1 Å². The smallest absolute Gasteiger partial charge is 0.144 e. The van der Waals surface area contributed by atoms with E-state index in [1.807, 2.05) is 0 Å². The van der Waals surface area contributed by atoms with Crippen molar-refractivity contribution in [1.82, 2.24) is 0 Å². The topological polar surface area (TPSA) is 29.5 Å². The number of rotatable bonds is 31. The van der Waals surface area contributed by atoms with Crippen molar-refractivity contribution >= 4 is 71.7 Å². The average Bonchev–Trinajstić information content (AvgIpc) is 1.52. The molecule has 0 amide bonds. The standard InChI is InChI=1S/C98H109NO2/c1-9-13-17-21-25-37-58-97(59-38-26-22-18-14-10-2)78-56-57-86-88(73-46-32-35-50-84(73)100-86)87(78)76-65-81-75(64-82(76)97)70-54-52-68(63-80(70)98(81,60-39-27-23-19-15-11-3)61-40-28-24-20-16-12-4)99(83-49-41-43-66-42-29-30-44-69(66)83)67-53-55-72-79(62-67)96(7,8)92-89(72)90-74-47-33-36-51-85(74)101-94(90)91-71-45-31-34-48-77(71)95(5,6)93(91)92/h29-36,41-57,62-65H,9-28,37-40,58-61H2,1-8H3. The number of para-hydroxylation sites is 2. The fraction of sp³-hybridized carbons (Fsp3) is 0.408. The molecular weight excluding hydrogens is 1220 g/mol. The van der Waals surface area contributed by atoms with Gasteiger partial charge in [-0.3, -0.25) is 0 Å². The van der Waals surface area contributed by atoms with E-state index in [1.54, 1.807) is 22.3 Å². The normalized spacial score (nSPS) is 15.2. The first-order valence-electron chi connectivity index (χ1n) is 40.3. The second-order valence-corrected chi connectivity index (χ2v) is 32.5. The molecular formula is C98H109NO2. The predicted molar refractivity (Wildman–Crippen MR) is 433 cm³/mol. The van der Waals surface area contributed by atoms with Crippen LogP contribution >= 0.6 is 0 Å². The number of hydrogen-bond donors (Lipinski definition) is 0. The predicted octanol–water partition coefficient (Wildman–Crippen LogP) is 30.3. The summed E-state index contributed by atoms with van der Waals surface area (Å²) in [5, 5.41) is 7.54. The van der Waals surface area contributed by atoms with Crippen LogP contribution < -0.4 is 4.90 Å². The molecule has 0 unspecified atom stereocenters. The Labute approximate surface area is 603 Å². The highest BCUT2D eigenvalue weighted by Gasteiger charge is 2.51. The molecule has 2 aromatic heterocycles. The summed E-state index contributed by atoms with van der Waals surface area (Å²) in [7, 11) is 0. The molecule has 0 saturated heterocycles. The SMILES string of the molecule is CCCCCCCCC1(CCCCCCCC)c2cc(N(c3ccc4c(c3)C(C)(C)c3c5c(c6oc7ccccc7c6c3-4)-c3ccccc3C5(C)C)c3cccc4ccccc34)ccc2-c2cc3c(cc21)-c1c(ccc2oc4ccccc4c12)C3(CCCCCCCC)CCCCCCCC. The molecule has 0 spiro atoms. The van der Waals surface area contributed by atoms with E-state index in [0.29, 0.717) is 0 Å². The van der Waals surface area contributed by atoms with Crippen molar-refractivity contribution in [2.75, 3.05) is 4.90 Å². The van der Waals surface area contributed by atoms with Gasteiger partial charge in [0.1, 0.15) is 22.3 Å². The fourth-order valence-corrected chi connectivity index (χ4v) is 20.6. The van der Waals surface area contributed by atoms with Gasteiger partial charge in [-0.1, -0.05) is 325 Å². The first-order chi connectivity index (χ1) is 49.5. The molecule has 0 atom stereocenters. The van der Waals surface area contributed by atoms with E-state index in [1.165, 1.54) is 283 Å². The molecule has 0 radical (unpaired) electrons. The number of hydrogen-bond acceptors (Lipinski definition) is 3. The average molecular weight is 1330 g/mol. The van der Waals surface area contributed by atoms with Crippen LogP contribution in [0.1, 0.15) is 280 Å². The van der Waals surface area contributed by atoms with Crippen LogP contribution in [0.25, 0.3) is 99.2 Å². The summed E-state index contributed by atoms with van der Waals surface area (Å²) >= 11 is 0. The Morgan fingerprint density at radius 1 is 0.297 bits per heavy atom. The minimum absolute atomic E-state index is 0.103. The summed E-state index contributed by atoms with van der Waals surface area (Å²) in [5.74, 6) is 0. The third-order valence-corrected chi connectivity index (χ3v) is 25.6. The van der Waals surface area contributed by atoms with E-state index in [-0.39, 0.29) is 21.7 Å². The molecule has 4 aliphatic rings. The summed E-state index contributed by atoms with van der Waals surface area (Å²) in [6.07, 6.45) is 35.6. The Bertz CT molecular complexity index is 5020. The molecule has 10 aromatic carbocycles. The van der Waals surface area contributed by atoms with Crippen molar-refractivity contribution in [2.24, 2.45) is 0 Å². The van der Waals surface area contributed by atoms with Crippen molar-refractivity contribution < 1.29 is 8.83 Å². The number of benzene rings is 10. The van der Waals surface area contributed by atoms with Crippen LogP contribution in [0.2, 0.25) is 0 Å². The Kier molecular flexibility index (Phi) is 18.6. The highest BCUT2D eigenvalue weighted by molar-refractivity contribution is 6.21. The van der Waals surface area contributed by atoms with Crippen molar-refractivity contribution in [3.8, 4) is 44.5 Å². The molecule has 101 heavy (non-hydrogen) atoms. The van der Waals surface area contributed by atoms with Gasteiger partial charge in [-0.2, -0.15) is 0 Å². The zero-order valence-electron chi connectivity index (χ0n) is 62.3. The molecule has 3 heteroatoms. The summed E-state index contributed by atoms with van der Waals surface area (Å²) < 4.78 is 14.1. The van der Waals surface area contributed by atoms with Gasteiger partial charge in [0.2, 0.25) is 0 Å². The molecule has 0 N–H and O–H groups in total. The highest BCUT2D eigenvalue weighted by atomic mass is 16.3. The summed E-state index contributed by atoms with van der Waals surface area (Å²) in [5.41, 5.74) is 29.8. The number of furan rings is 2. The Hall–Kier alpha value is -8.14. The molecule has 4 aliphatic carbocycles. The van der Waals surface area contributed by atoms with E-state index in [2.05, 4.69) is 236 Å². The van der Waals surface area contributed by atoms with Crippen molar-refractivity contribution in [1.29, 1.82) is 0 Å². The first-order valence-corrected chi connectivity index (χ1v) is 40.3. The molecule has 0 bridgehead atoms. The maximum atomic E-state index is 7.17. The Balaban J connectivity index is 0.916. The van der Waals surface area contributed by atoms with Gasteiger partial charge in [0, 0.05) is 65.5 Å². The lowest BCUT2D eigenvalue weighted by Gasteiger charge is -2.35. The lowest BCUT2D eigenvalue weighted by Crippen LogP contribution is -2.27. The maximum absolute atomic E-state index is 7.17. The third-order valence-electron chi connectivity index (χ3n) is 25.6. The van der Waals surface area contributed by atoms with Gasteiger partial charge in [0.05, 0.1) is 5.69 Å².